The molecule has 6 atom stereocenters. The third-order valence-electron chi connectivity index (χ3n) is 10.9. The minimum absolute atomic E-state index is 0.0105. The molecule has 7 rings (SSSR count). The van der Waals surface area contributed by atoms with Crippen molar-refractivity contribution in [3.63, 3.8) is 0 Å². The Morgan fingerprint density at radius 2 is 1.38 bits per heavy atom. The molecule has 1 saturated heterocycles. The van der Waals surface area contributed by atoms with Gasteiger partial charge in [-0.05, 0) is 83.8 Å². The maximum atomic E-state index is 12.9. The summed E-state index contributed by atoms with van der Waals surface area (Å²) in [5.41, 5.74) is 7.23. The van der Waals surface area contributed by atoms with Crippen molar-refractivity contribution in [3.05, 3.63) is 186 Å². The lowest BCUT2D eigenvalue weighted by Gasteiger charge is -2.43. The van der Waals surface area contributed by atoms with Crippen molar-refractivity contribution >= 4 is 11.7 Å². The van der Waals surface area contributed by atoms with Crippen molar-refractivity contribution in [1.82, 2.24) is 10.2 Å². The molecule has 58 heavy (non-hydrogen) atoms. The van der Waals surface area contributed by atoms with Crippen molar-refractivity contribution in [1.29, 1.82) is 0 Å². The van der Waals surface area contributed by atoms with Gasteiger partial charge >= 0.3 is 6.03 Å². The van der Waals surface area contributed by atoms with Crippen LogP contribution in [0.25, 0.3) is 11.1 Å². The van der Waals surface area contributed by atoms with E-state index >= 15 is 0 Å². The van der Waals surface area contributed by atoms with Crippen molar-refractivity contribution in [2.75, 3.05) is 18.9 Å². The fraction of sp³-hybridized carbons (Fsp3) is 0.245. The van der Waals surface area contributed by atoms with E-state index in [2.05, 4.69) is 34.6 Å². The Morgan fingerprint density at radius 1 is 0.759 bits per heavy atom. The molecule has 4 N–H and O–H groups in total. The first kappa shape index (κ1) is 40.4. The maximum absolute atomic E-state index is 12.9. The van der Waals surface area contributed by atoms with Crippen LogP contribution >= 0.6 is 0 Å². The van der Waals surface area contributed by atoms with Crippen LogP contribution in [0.3, 0.4) is 0 Å². The molecule has 0 aliphatic carbocycles. The summed E-state index contributed by atoms with van der Waals surface area (Å²) in [5, 5.41) is 26.8. The summed E-state index contributed by atoms with van der Waals surface area (Å²) in [6, 6.07) is 50.2. The molecule has 1 heterocycles. The number of carbonyl (C=O) groups is 1. The molecule has 6 aromatic rings. The number of nitrogens with one attached hydrogen (secondary N) is 2. The highest BCUT2D eigenvalue weighted by molar-refractivity contribution is 5.89. The van der Waals surface area contributed by atoms with Crippen LogP contribution in [0.4, 0.5) is 10.5 Å². The molecule has 298 valence electrons. The summed E-state index contributed by atoms with van der Waals surface area (Å²) in [4.78, 5) is 15.1. The Morgan fingerprint density at radius 3 is 2.07 bits per heavy atom. The van der Waals surface area contributed by atoms with E-state index in [4.69, 9.17) is 14.2 Å². The first-order chi connectivity index (χ1) is 28.2. The average Bonchev–Trinajstić information content (AvgIpc) is 3.27. The van der Waals surface area contributed by atoms with Gasteiger partial charge in [-0.2, -0.15) is 0 Å². The number of benzene rings is 6. The third kappa shape index (κ3) is 10.0. The van der Waals surface area contributed by atoms with Gasteiger partial charge in [-0.15, -0.1) is 0 Å². The lowest BCUT2D eigenvalue weighted by molar-refractivity contribution is -0.276. The van der Waals surface area contributed by atoms with Crippen molar-refractivity contribution in [2.24, 2.45) is 5.92 Å². The first-order valence-electron chi connectivity index (χ1n) is 19.8. The Balaban J connectivity index is 1.03. The molecule has 2 amide bonds. The smallest absolute Gasteiger partial charge is 0.319 e. The van der Waals surface area contributed by atoms with Crippen LogP contribution in [0.5, 0.6) is 11.5 Å². The quantitative estimate of drug-likeness (QED) is 0.0872. The van der Waals surface area contributed by atoms with Crippen LogP contribution in [-0.4, -0.2) is 46.9 Å². The molecule has 0 saturated carbocycles. The van der Waals surface area contributed by atoms with Crippen LogP contribution in [-0.2, 0) is 22.6 Å². The Hall–Kier alpha value is -5.81. The molecule has 0 bridgehead atoms. The number of aliphatic hydroxyl groups excluding tert-OH is 2. The zero-order valence-electron chi connectivity index (χ0n) is 33.1. The highest BCUT2D eigenvalue weighted by Crippen LogP contribution is 2.42. The van der Waals surface area contributed by atoms with Crippen LogP contribution < -0.4 is 15.4 Å². The highest BCUT2D eigenvalue weighted by atomic mass is 16.7. The van der Waals surface area contributed by atoms with E-state index < -0.39 is 12.4 Å². The number of para-hydroxylation sites is 1. The standard InChI is InChI=1S/C49H51N3O6/c1-33-45(31-52(3)34(2)46(54)37-12-6-4-7-13-37)57-48(58-47(33)38-20-18-35(32-53)19-21-38)39-24-22-36(23-25-39)44-17-11-10-14-40(44)30-50-49(55)51-41-26-28-43(29-27-41)56-42-15-8-5-9-16-42/h4-29,33-34,45-48,53-54H,30-32H2,1-3H3,(H2,50,51,55)/t33-,34-,45+,46-,47+,48+/m0/s1. The molecule has 9 nitrogen and oxygen atoms in total. The van der Waals surface area contributed by atoms with Crippen LogP contribution in [0, 0.1) is 5.92 Å². The molecule has 6 aromatic carbocycles. The number of amides is 2. The van der Waals surface area contributed by atoms with E-state index in [0.29, 0.717) is 24.5 Å². The minimum atomic E-state index is -0.655. The molecular formula is C49H51N3O6. The number of likely N-dealkylation sites (N-methyl/N-ethyl adjacent to an activating group) is 1. The maximum Gasteiger partial charge on any atom is 0.319 e. The SMILES string of the molecule is C[C@H]1[C@@H](CN(C)[C@@H](C)[C@H](O)c2ccccc2)O[C@@H](c2ccc(-c3ccccc3CNC(=O)Nc3ccc(Oc4ccccc4)cc3)cc2)O[C@H]1c1ccc(CO)cc1. The Bertz CT molecular complexity index is 2200. The second-order valence-corrected chi connectivity index (χ2v) is 14.9. The van der Waals surface area contributed by atoms with Gasteiger partial charge in [0.15, 0.2) is 6.29 Å². The molecule has 1 aliphatic rings. The number of anilines is 1. The van der Waals surface area contributed by atoms with E-state index in [1.54, 1.807) is 12.1 Å². The van der Waals surface area contributed by atoms with Crippen LogP contribution in [0.2, 0.25) is 0 Å². The average molecular weight is 778 g/mol. The Kier molecular flexibility index (Phi) is 13.3. The number of carbonyl (C=O) groups excluding carboxylic acids is 1. The summed E-state index contributed by atoms with van der Waals surface area (Å²) in [6.07, 6.45) is -1.77. The zero-order valence-corrected chi connectivity index (χ0v) is 33.1. The predicted molar refractivity (Wildman–Crippen MR) is 227 cm³/mol. The summed E-state index contributed by atoms with van der Waals surface area (Å²) in [5.74, 6) is 1.41. The van der Waals surface area contributed by atoms with E-state index in [-0.39, 0.29) is 36.8 Å². The number of urea groups is 1. The Labute approximate surface area is 340 Å². The van der Waals surface area contributed by atoms with E-state index in [9.17, 15) is 15.0 Å². The number of aliphatic hydroxyl groups is 2. The molecule has 1 fully saturated rings. The lowest BCUT2D eigenvalue weighted by atomic mass is 9.89. The molecule has 9 heteroatoms. The topological polar surface area (TPSA) is 113 Å². The molecule has 0 aromatic heterocycles. The fourth-order valence-corrected chi connectivity index (χ4v) is 7.31. The van der Waals surface area contributed by atoms with Crippen LogP contribution in [0.1, 0.15) is 60.2 Å². The van der Waals surface area contributed by atoms with Gasteiger partial charge in [-0.1, -0.05) is 128 Å². The largest absolute Gasteiger partial charge is 0.457 e. The van der Waals surface area contributed by atoms with Gasteiger partial charge in [0.2, 0.25) is 0 Å². The summed E-state index contributed by atoms with van der Waals surface area (Å²) in [7, 11) is 2.02. The third-order valence-corrected chi connectivity index (χ3v) is 10.9. The lowest BCUT2D eigenvalue weighted by Crippen LogP contribution is -2.46. The molecule has 0 spiro atoms. The van der Waals surface area contributed by atoms with Gasteiger partial charge < -0.3 is 35.1 Å². The monoisotopic (exact) mass is 777 g/mol. The minimum Gasteiger partial charge on any atom is -0.457 e. The van der Waals surface area contributed by atoms with Gasteiger partial charge in [0.1, 0.15) is 11.5 Å². The van der Waals surface area contributed by atoms with E-state index in [0.717, 1.165) is 44.7 Å². The normalized spacial score (nSPS) is 18.9. The van der Waals surface area contributed by atoms with Crippen molar-refractivity contribution in [2.45, 2.75) is 57.6 Å². The summed E-state index contributed by atoms with van der Waals surface area (Å²) in [6.45, 7) is 5.06. The number of ether oxygens (including phenoxy) is 3. The van der Waals surface area contributed by atoms with Gasteiger partial charge in [0.05, 0.1) is 24.9 Å². The van der Waals surface area contributed by atoms with Crippen LogP contribution in [0.15, 0.2) is 158 Å². The molecule has 0 radical (unpaired) electrons. The second-order valence-electron chi connectivity index (χ2n) is 14.9. The molecule has 0 unspecified atom stereocenters. The summed E-state index contributed by atoms with van der Waals surface area (Å²) < 4.78 is 19.4. The first-order valence-corrected chi connectivity index (χ1v) is 19.8. The number of hydrogen-bond acceptors (Lipinski definition) is 7. The van der Waals surface area contributed by atoms with E-state index in [1.807, 2.05) is 147 Å². The number of hydrogen-bond donors (Lipinski definition) is 4. The molecular weight excluding hydrogens is 727 g/mol. The van der Waals surface area contributed by atoms with Crippen molar-refractivity contribution < 1.29 is 29.2 Å². The number of rotatable bonds is 14. The van der Waals surface area contributed by atoms with Gasteiger partial charge in [0, 0.05) is 36.3 Å². The second kappa shape index (κ2) is 19.1. The van der Waals surface area contributed by atoms with Crippen molar-refractivity contribution in [3.8, 4) is 22.6 Å². The summed E-state index contributed by atoms with van der Waals surface area (Å²) >= 11 is 0. The number of nitrogens with zero attached hydrogens (tertiary/aromatic N) is 1. The fourth-order valence-electron chi connectivity index (χ4n) is 7.31. The van der Waals surface area contributed by atoms with Gasteiger partial charge in [-0.25, -0.2) is 4.79 Å². The molecule has 1 aliphatic heterocycles. The van der Waals surface area contributed by atoms with Gasteiger partial charge in [0.25, 0.3) is 0 Å². The predicted octanol–water partition coefficient (Wildman–Crippen LogP) is 9.81. The zero-order chi connectivity index (χ0) is 40.4. The van der Waals surface area contributed by atoms with Gasteiger partial charge in [-0.3, -0.25) is 4.90 Å². The highest BCUT2D eigenvalue weighted by Gasteiger charge is 2.39. The van der Waals surface area contributed by atoms with E-state index in [1.165, 1.54) is 0 Å².